The summed E-state index contributed by atoms with van der Waals surface area (Å²) in [7, 11) is 4.24. The lowest BCUT2D eigenvalue weighted by atomic mass is 10.1. The normalized spacial score (nSPS) is 18.9. The van der Waals surface area contributed by atoms with E-state index in [2.05, 4.69) is 34.9 Å². The van der Waals surface area contributed by atoms with E-state index in [-0.39, 0.29) is 0 Å². The number of nitrogens with zero attached hydrogens (tertiary/aromatic N) is 3. The largest absolute Gasteiger partial charge is 0.389 e. The molecule has 20 heavy (non-hydrogen) atoms. The van der Waals surface area contributed by atoms with Gasteiger partial charge in [0.05, 0.1) is 11.3 Å². The molecule has 1 aliphatic heterocycles. The van der Waals surface area contributed by atoms with E-state index in [1.807, 2.05) is 13.8 Å². The third-order valence-corrected chi connectivity index (χ3v) is 4.02. The highest BCUT2D eigenvalue weighted by Gasteiger charge is 2.28. The Labute approximate surface area is 127 Å². The lowest BCUT2D eigenvalue weighted by molar-refractivity contribution is 0.372. The molecule has 0 amide bonds. The summed E-state index contributed by atoms with van der Waals surface area (Å²) in [6, 6.07) is 2.65. The smallest absolute Gasteiger partial charge is 0.107 e. The first-order valence-electron chi connectivity index (χ1n) is 7.09. The van der Waals surface area contributed by atoms with Crippen molar-refractivity contribution in [2.45, 2.75) is 32.7 Å². The van der Waals surface area contributed by atoms with Crippen LogP contribution in [0, 0.1) is 13.8 Å². The molecule has 0 radical (unpaired) electrons. The molecule has 1 saturated heterocycles. The van der Waals surface area contributed by atoms with Gasteiger partial charge in [0.1, 0.15) is 4.99 Å². The maximum absolute atomic E-state index is 5.93. The number of hydrogen-bond acceptors (Lipinski definition) is 4. The second-order valence-electron chi connectivity index (χ2n) is 5.86. The number of pyridine rings is 1. The van der Waals surface area contributed by atoms with Crippen molar-refractivity contribution in [1.29, 1.82) is 0 Å². The van der Waals surface area contributed by atoms with Crippen LogP contribution < -0.4 is 10.6 Å². The van der Waals surface area contributed by atoms with Crippen molar-refractivity contribution in [2.24, 2.45) is 5.73 Å². The van der Waals surface area contributed by atoms with Gasteiger partial charge >= 0.3 is 0 Å². The lowest BCUT2D eigenvalue weighted by Gasteiger charge is -2.31. The van der Waals surface area contributed by atoms with Crippen LogP contribution in [0.4, 0.5) is 5.69 Å². The molecule has 1 aromatic rings. The third-order valence-electron chi connectivity index (χ3n) is 3.82. The van der Waals surface area contributed by atoms with Gasteiger partial charge in [-0.1, -0.05) is 12.2 Å². The highest BCUT2D eigenvalue weighted by atomic mass is 32.1. The van der Waals surface area contributed by atoms with Crippen molar-refractivity contribution in [3.8, 4) is 0 Å². The van der Waals surface area contributed by atoms with Crippen molar-refractivity contribution in [3.63, 3.8) is 0 Å². The molecule has 2 rings (SSSR count). The first kappa shape index (κ1) is 15.2. The minimum atomic E-state index is 0.445. The van der Waals surface area contributed by atoms with Crippen molar-refractivity contribution in [2.75, 3.05) is 32.1 Å². The van der Waals surface area contributed by atoms with E-state index >= 15 is 0 Å². The Morgan fingerprint density at radius 2 is 2.20 bits per heavy atom. The van der Waals surface area contributed by atoms with Crippen LogP contribution in [0.5, 0.6) is 0 Å². The molecular formula is C15H24N4S. The van der Waals surface area contributed by atoms with E-state index in [1.54, 1.807) is 0 Å². The monoisotopic (exact) mass is 292 g/mol. The van der Waals surface area contributed by atoms with Gasteiger partial charge in [-0.15, -0.1) is 0 Å². The van der Waals surface area contributed by atoms with Crippen LogP contribution >= 0.6 is 12.2 Å². The van der Waals surface area contributed by atoms with E-state index in [9.17, 15) is 0 Å². The highest BCUT2D eigenvalue weighted by Crippen LogP contribution is 2.31. The molecular weight excluding hydrogens is 268 g/mol. The minimum absolute atomic E-state index is 0.445. The predicted octanol–water partition coefficient (Wildman–Crippen LogP) is 1.86. The Hall–Kier alpha value is -1.20. The van der Waals surface area contributed by atoms with Gasteiger partial charge in [-0.3, -0.25) is 4.98 Å². The Morgan fingerprint density at radius 1 is 1.50 bits per heavy atom. The van der Waals surface area contributed by atoms with E-state index in [1.165, 1.54) is 12.8 Å². The summed E-state index contributed by atoms with van der Waals surface area (Å²) in [4.78, 5) is 9.65. The van der Waals surface area contributed by atoms with Gasteiger partial charge in [-0.2, -0.15) is 0 Å². The number of anilines is 1. The lowest BCUT2D eigenvalue weighted by Crippen LogP contribution is -2.38. The quantitative estimate of drug-likeness (QED) is 0.858. The zero-order chi connectivity index (χ0) is 14.9. The fraction of sp³-hybridized carbons (Fsp3) is 0.600. The molecule has 2 N–H and O–H groups in total. The maximum atomic E-state index is 5.93. The summed E-state index contributed by atoms with van der Waals surface area (Å²) in [5.41, 5.74) is 9.99. The standard InChI is InChI=1S/C15H24N4S/c1-10-8-13(14(15(16)20)11(2)17-10)19-7-5-6-12(19)9-18(3)4/h8,12H,5-7,9H2,1-4H3,(H2,16,20). The molecule has 5 heteroatoms. The van der Waals surface area contributed by atoms with E-state index < -0.39 is 0 Å². The molecule has 1 unspecified atom stereocenters. The topological polar surface area (TPSA) is 45.4 Å². The Bertz CT molecular complexity index is 513. The van der Waals surface area contributed by atoms with Crippen LogP contribution in [0.1, 0.15) is 29.8 Å². The van der Waals surface area contributed by atoms with Gasteiger partial charge in [-0.05, 0) is 46.9 Å². The van der Waals surface area contributed by atoms with Crippen LogP contribution in [0.2, 0.25) is 0 Å². The molecule has 0 spiro atoms. The van der Waals surface area contributed by atoms with Crippen LogP contribution in [0.3, 0.4) is 0 Å². The van der Waals surface area contributed by atoms with Gasteiger partial charge in [-0.25, -0.2) is 0 Å². The summed E-state index contributed by atoms with van der Waals surface area (Å²) < 4.78 is 0. The summed E-state index contributed by atoms with van der Waals surface area (Å²) in [5.74, 6) is 0. The molecule has 2 heterocycles. The summed E-state index contributed by atoms with van der Waals surface area (Å²) in [5, 5.41) is 0. The van der Waals surface area contributed by atoms with Crippen molar-refractivity contribution in [3.05, 3.63) is 23.0 Å². The molecule has 1 aromatic heterocycles. The number of rotatable bonds is 4. The van der Waals surface area contributed by atoms with E-state index in [4.69, 9.17) is 18.0 Å². The van der Waals surface area contributed by atoms with Gasteiger partial charge in [0.2, 0.25) is 0 Å². The average Bonchev–Trinajstić information content (AvgIpc) is 2.74. The van der Waals surface area contributed by atoms with E-state index in [0.717, 1.165) is 35.7 Å². The molecule has 1 aliphatic rings. The fourth-order valence-electron chi connectivity index (χ4n) is 3.10. The number of aryl methyl sites for hydroxylation is 2. The number of aromatic nitrogens is 1. The van der Waals surface area contributed by atoms with Gasteiger partial charge in [0, 0.05) is 30.5 Å². The first-order chi connectivity index (χ1) is 9.40. The molecule has 0 bridgehead atoms. The zero-order valence-corrected chi connectivity index (χ0v) is 13.6. The molecule has 110 valence electrons. The molecule has 0 saturated carbocycles. The second-order valence-corrected chi connectivity index (χ2v) is 6.30. The zero-order valence-electron chi connectivity index (χ0n) is 12.8. The van der Waals surface area contributed by atoms with Crippen molar-refractivity contribution < 1.29 is 0 Å². The minimum Gasteiger partial charge on any atom is -0.389 e. The number of hydrogen-bond donors (Lipinski definition) is 1. The third kappa shape index (κ3) is 3.10. The van der Waals surface area contributed by atoms with Gasteiger partial charge in [0.15, 0.2) is 0 Å². The molecule has 0 aromatic carbocycles. The summed E-state index contributed by atoms with van der Waals surface area (Å²) in [6.07, 6.45) is 2.44. The van der Waals surface area contributed by atoms with Crippen molar-refractivity contribution >= 4 is 22.9 Å². The number of thiocarbonyl (C=S) groups is 1. The van der Waals surface area contributed by atoms with Crippen LogP contribution in [0.15, 0.2) is 6.07 Å². The van der Waals surface area contributed by atoms with E-state index in [0.29, 0.717) is 11.0 Å². The Balaban J connectivity index is 2.43. The average molecular weight is 292 g/mol. The molecule has 1 atom stereocenters. The van der Waals surface area contributed by atoms with Gasteiger partial charge in [0.25, 0.3) is 0 Å². The predicted molar refractivity (Wildman–Crippen MR) is 88.5 cm³/mol. The van der Waals surface area contributed by atoms with Gasteiger partial charge < -0.3 is 15.5 Å². The SMILES string of the molecule is Cc1cc(N2CCCC2CN(C)C)c(C(N)=S)c(C)n1. The fourth-order valence-corrected chi connectivity index (χ4v) is 3.36. The summed E-state index contributed by atoms with van der Waals surface area (Å²) >= 11 is 5.24. The van der Waals surface area contributed by atoms with Crippen molar-refractivity contribution in [1.82, 2.24) is 9.88 Å². The van der Waals surface area contributed by atoms with Crippen LogP contribution in [-0.2, 0) is 0 Å². The Kier molecular flexibility index (Phi) is 4.60. The molecule has 1 fully saturated rings. The Morgan fingerprint density at radius 3 is 2.80 bits per heavy atom. The number of likely N-dealkylation sites (N-methyl/N-ethyl adjacent to an activating group) is 1. The van der Waals surface area contributed by atoms with Crippen LogP contribution in [-0.4, -0.2) is 48.1 Å². The highest BCUT2D eigenvalue weighted by molar-refractivity contribution is 7.80. The van der Waals surface area contributed by atoms with Crippen LogP contribution in [0.25, 0.3) is 0 Å². The summed E-state index contributed by atoms with van der Waals surface area (Å²) in [6.45, 7) is 6.13. The number of nitrogens with two attached hydrogens (primary N) is 1. The first-order valence-corrected chi connectivity index (χ1v) is 7.50. The molecule has 0 aliphatic carbocycles. The second kappa shape index (κ2) is 6.06. The maximum Gasteiger partial charge on any atom is 0.107 e. The molecule has 4 nitrogen and oxygen atoms in total.